The predicted molar refractivity (Wildman–Crippen MR) is 42.5 cm³/mol. The second-order valence-electron chi connectivity index (χ2n) is 2.66. The molecule has 2 N–H and O–H groups in total. The zero-order valence-corrected chi connectivity index (χ0v) is 6.67. The lowest BCUT2D eigenvalue weighted by Gasteiger charge is -2.02. The van der Waals surface area contributed by atoms with Crippen molar-refractivity contribution in [1.29, 1.82) is 0 Å². The van der Waals surface area contributed by atoms with Gasteiger partial charge in [0.2, 0.25) is 6.33 Å². The molecular formula is C6H10N4O2. The van der Waals surface area contributed by atoms with Gasteiger partial charge in [-0.3, -0.25) is 0 Å². The van der Waals surface area contributed by atoms with E-state index in [4.69, 9.17) is 5.73 Å². The van der Waals surface area contributed by atoms with Gasteiger partial charge in [0.05, 0.1) is 0 Å². The maximum absolute atomic E-state index is 10.2. The van der Waals surface area contributed by atoms with E-state index < -0.39 is 4.92 Å². The summed E-state index contributed by atoms with van der Waals surface area (Å²) in [4.78, 5) is 13.2. The molecule has 1 heterocycles. The van der Waals surface area contributed by atoms with E-state index >= 15 is 0 Å². The van der Waals surface area contributed by atoms with Crippen molar-refractivity contribution in [2.45, 2.75) is 19.5 Å². The highest BCUT2D eigenvalue weighted by Crippen LogP contribution is 2.05. The molecule has 1 atom stereocenters. The van der Waals surface area contributed by atoms with Crippen molar-refractivity contribution in [3.05, 3.63) is 22.6 Å². The number of nitrogens with two attached hydrogens (primary N) is 1. The highest BCUT2D eigenvalue weighted by atomic mass is 16.6. The molecule has 0 aliphatic rings. The maximum atomic E-state index is 10.2. The minimum absolute atomic E-state index is 0.0289. The van der Waals surface area contributed by atoms with Gasteiger partial charge in [-0.25, -0.2) is 0 Å². The Hall–Kier alpha value is -1.43. The van der Waals surface area contributed by atoms with E-state index in [0.717, 1.165) is 0 Å². The molecule has 0 bridgehead atoms. The van der Waals surface area contributed by atoms with Crippen LogP contribution in [0, 0.1) is 10.1 Å². The van der Waals surface area contributed by atoms with E-state index in [1.165, 1.54) is 12.5 Å². The van der Waals surface area contributed by atoms with Crippen molar-refractivity contribution < 1.29 is 4.92 Å². The van der Waals surface area contributed by atoms with Gasteiger partial charge in [0, 0.05) is 12.6 Å². The Morgan fingerprint density at radius 2 is 2.58 bits per heavy atom. The molecule has 6 heteroatoms. The quantitative estimate of drug-likeness (QED) is 0.516. The molecule has 0 aromatic carbocycles. The first-order valence-electron chi connectivity index (χ1n) is 3.51. The topological polar surface area (TPSA) is 87.0 Å². The van der Waals surface area contributed by atoms with Gasteiger partial charge in [-0.05, 0) is 16.8 Å². The smallest absolute Gasteiger partial charge is 0.358 e. The van der Waals surface area contributed by atoms with E-state index in [9.17, 15) is 10.1 Å². The third-order valence-corrected chi connectivity index (χ3v) is 1.31. The molecule has 1 aromatic heterocycles. The largest absolute Gasteiger partial charge is 0.381 e. The number of nitro groups is 1. The second-order valence-corrected chi connectivity index (χ2v) is 2.66. The lowest BCUT2D eigenvalue weighted by atomic mass is 10.4. The Morgan fingerprint density at radius 3 is 3.00 bits per heavy atom. The summed E-state index contributed by atoms with van der Waals surface area (Å²) < 4.78 is 1.60. The van der Waals surface area contributed by atoms with Crippen LogP contribution >= 0.6 is 0 Å². The average Bonchev–Trinajstić information content (AvgIpc) is 2.34. The highest BCUT2D eigenvalue weighted by Gasteiger charge is 2.09. The highest BCUT2D eigenvalue weighted by molar-refractivity contribution is 5.12. The van der Waals surface area contributed by atoms with Crippen LogP contribution in [0.1, 0.15) is 6.92 Å². The van der Waals surface area contributed by atoms with Crippen molar-refractivity contribution in [2.75, 3.05) is 0 Å². The van der Waals surface area contributed by atoms with Crippen LogP contribution in [0.2, 0.25) is 0 Å². The summed E-state index contributed by atoms with van der Waals surface area (Å²) >= 11 is 0. The Labute approximate surface area is 69.2 Å². The average molecular weight is 170 g/mol. The van der Waals surface area contributed by atoms with E-state index in [0.29, 0.717) is 6.54 Å². The third-order valence-electron chi connectivity index (χ3n) is 1.31. The number of nitrogens with zero attached hydrogens (tertiary/aromatic N) is 3. The summed E-state index contributed by atoms with van der Waals surface area (Å²) in [7, 11) is 0. The number of hydrogen-bond acceptors (Lipinski definition) is 4. The predicted octanol–water partition coefficient (Wildman–Crippen LogP) is 0.138. The van der Waals surface area contributed by atoms with Crippen LogP contribution in [0.4, 0.5) is 5.82 Å². The summed E-state index contributed by atoms with van der Waals surface area (Å²) in [6.07, 6.45) is 2.77. The molecule has 0 saturated carbocycles. The van der Waals surface area contributed by atoms with E-state index in [-0.39, 0.29) is 11.9 Å². The molecule has 0 aliphatic heterocycles. The fourth-order valence-electron chi connectivity index (χ4n) is 0.875. The van der Waals surface area contributed by atoms with Crippen molar-refractivity contribution >= 4 is 5.82 Å². The zero-order chi connectivity index (χ0) is 9.14. The summed E-state index contributed by atoms with van der Waals surface area (Å²) in [6, 6.07) is -0.0289. The first kappa shape index (κ1) is 8.66. The lowest BCUT2D eigenvalue weighted by molar-refractivity contribution is -0.389. The van der Waals surface area contributed by atoms with Gasteiger partial charge in [-0.2, -0.15) is 0 Å². The van der Waals surface area contributed by atoms with Crippen molar-refractivity contribution in [3.63, 3.8) is 0 Å². The monoisotopic (exact) mass is 170 g/mol. The second kappa shape index (κ2) is 3.31. The van der Waals surface area contributed by atoms with Crippen LogP contribution in [0.3, 0.4) is 0 Å². The van der Waals surface area contributed by atoms with Crippen molar-refractivity contribution in [2.24, 2.45) is 5.73 Å². The van der Waals surface area contributed by atoms with Gasteiger partial charge < -0.3 is 20.4 Å². The van der Waals surface area contributed by atoms with Gasteiger partial charge in [-0.1, -0.05) is 0 Å². The Balaban J connectivity index is 2.71. The maximum Gasteiger partial charge on any atom is 0.381 e. The molecule has 6 nitrogen and oxygen atoms in total. The van der Waals surface area contributed by atoms with Crippen LogP contribution in [-0.4, -0.2) is 20.5 Å². The van der Waals surface area contributed by atoms with Crippen LogP contribution in [0.25, 0.3) is 0 Å². The fraction of sp³-hybridized carbons (Fsp3) is 0.500. The molecule has 0 radical (unpaired) electrons. The molecule has 1 unspecified atom stereocenters. The molecule has 0 fully saturated rings. The first-order valence-corrected chi connectivity index (χ1v) is 3.51. The molecule has 66 valence electrons. The van der Waals surface area contributed by atoms with Crippen LogP contribution < -0.4 is 5.73 Å². The summed E-state index contributed by atoms with van der Waals surface area (Å²) in [5.74, 6) is -0.143. The number of imidazole rings is 1. The molecule has 0 aliphatic carbocycles. The number of rotatable bonds is 3. The van der Waals surface area contributed by atoms with Gasteiger partial charge in [0.1, 0.15) is 6.20 Å². The zero-order valence-electron chi connectivity index (χ0n) is 6.67. The van der Waals surface area contributed by atoms with Crippen molar-refractivity contribution in [3.8, 4) is 0 Å². The van der Waals surface area contributed by atoms with Crippen LogP contribution in [0.5, 0.6) is 0 Å². The van der Waals surface area contributed by atoms with E-state index in [1.807, 2.05) is 6.92 Å². The van der Waals surface area contributed by atoms with Gasteiger partial charge in [0.15, 0.2) is 0 Å². The van der Waals surface area contributed by atoms with E-state index in [1.54, 1.807) is 4.57 Å². The number of hydrogen-bond donors (Lipinski definition) is 1. The van der Waals surface area contributed by atoms with E-state index in [2.05, 4.69) is 4.98 Å². The molecule has 12 heavy (non-hydrogen) atoms. The molecule has 1 rings (SSSR count). The molecule has 0 spiro atoms. The van der Waals surface area contributed by atoms with Crippen LogP contribution in [0.15, 0.2) is 12.5 Å². The SMILES string of the molecule is CC(N)Cn1cnc([N+](=O)[O-])c1. The van der Waals surface area contributed by atoms with Gasteiger partial charge >= 0.3 is 5.82 Å². The standard InChI is InChI=1S/C6H10N4O2/c1-5(7)2-9-3-6(8-4-9)10(11)12/h3-5H,2,7H2,1H3. The summed E-state index contributed by atoms with van der Waals surface area (Å²) in [6.45, 7) is 2.37. The molecule has 1 aromatic rings. The lowest BCUT2D eigenvalue weighted by Crippen LogP contribution is -2.21. The van der Waals surface area contributed by atoms with Crippen LogP contribution in [-0.2, 0) is 6.54 Å². The Morgan fingerprint density at radius 1 is 1.92 bits per heavy atom. The Kier molecular flexibility index (Phi) is 2.39. The molecule has 0 amide bonds. The first-order chi connectivity index (χ1) is 5.59. The third kappa shape index (κ3) is 2.03. The summed E-state index contributed by atoms with van der Waals surface area (Å²) in [5, 5.41) is 10.2. The minimum atomic E-state index is -0.530. The molecular weight excluding hydrogens is 160 g/mol. The summed E-state index contributed by atoms with van der Waals surface area (Å²) in [5.41, 5.74) is 5.49. The van der Waals surface area contributed by atoms with Gasteiger partial charge in [-0.15, -0.1) is 0 Å². The Bertz CT molecular complexity index is 281. The normalized spacial score (nSPS) is 12.8. The molecule has 0 saturated heterocycles. The number of aromatic nitrogens is 2. The fourth-order valence-corrected chi connectivity index (χ4v) is 0.875. The van der Waals surface area contributed by atoms with Gasteiger partial charge in [0.25, 0.3) is 0 Å². The van der Waals surface area contributed by atoms with Crippen molar-refractivity contribution in [1.82, 2.24) is 9.55 Å². The minimum Gasteiger partial charge on any atom is -0.358 e.